The standard InChI is InChI=1S/C25H20ClN3O5/c1-14-10-19-23(11-15(14)2)34-25(28-19)17-6-8-22(33-3)20(13-17)27-24(30)9-5-16-4-7-18(26)21(12-16)29(31)32/h4-13H,1-3H3,(H,27,30)/b9-5+. The van der Waals surface area contributed by atoms with Crippen LogP contribution in [0, 0.1) is 24.0 Å². The number of oxazole rings is 1. The molecular formula is C25H20ClN3O5. The third-order valence-electron chi connectivity index (χ3n) is 5.30. The number of ether oxygens (including phenoxy) is 1. The second kappa shape index (κ2) is 9.36. The summed E-state index contributed by atoms with van der Waals surface area (Å²) in [6, 6.07) is 13.4. The summed E-state index contributed by atoms with van der Waals surface area (Å²) in [7, 11) is 1.50. The van der Waals surface area contributed by atoms with Crippen molar-refractivity contribution in [2.45, 2.75) is 13.8 Å². The number of hydrogen-bond donors (Lipinski definition) is 1. The number of anilines is 1. The molecule has 0 spiro atoms. The van der Waals surface area contributed by atoms with Crippen molar-refractivity contribution >= 4 is 46.1 Å². The number of nitrogens with one attached hydrogen (secondary N) is 1. The van der Waals surface area contributed by atoms with Crippen molar-refractivity contribution in [2.24, 2.45) is 0 Å². The van der Waals surface area contributed by atoms with E-state index in [0.717, 1.165) is 16.6 Å². The Morgan fingerprint density at radius 1 is 1.15 bits per heavy atom. The minimum Gasteiger partial charge on any atom is -0.495 e. The van der Waals surface area contributed by atoms with Crippen molar-refractivity contribution in [3.63, 3.8) is 0 Å². The summed E-state index contributed by atoms with van der Waals surface area (Å²) in [6.07, 6.45) is 2.73. The number of aromatic nitrogens is 1. The van der Waals surface area contributed by atoms with Gasteiger partial charge in [0.2, 0.25) is 11.8 Å². The zero-order chi connectivity index (χ0) is 24.4. The smallest absolute Gasteiger partial charge is 0.288 e. The number of aryl methyl sites for hydroxylation is 2. The summed E-state index contributed by atoms with van der Waals surface area (Å²) in [5, 5.41) is 13.8. The van der Waals surface area contributed by atoms with Crippen LogP contribution in [0.2, 0.25) is 5.02 Å². The molecule has 1 aromatic heterocycles. The first kappa shape index (κ1) is 23.0. The molecule has 172 valence electrons. The lowest BCUT2D eigenvalue weighted by Gasteiger charge is -2.10. The van der Waals surface area contributed by atoms with Crippen LogP contribution in [0.25, 0.3) is 28.6 Å². The van der Waals surface area contributed by atoms with Gasteiger partial charge >= 0.3 is 0 Å². The second-order valence-electron chi connectivity index (χ2n) is 7.63. The number of hydrogen-bond acceptors (Lipinski definition) is 6. The molecule has 0 saturated carbocycles. The van der Waals surface area contributed by atoms with E-state index in [0.29, 0.717) is 34.0 Å². The third kappa shape index (κ3) is 4.77. The van der Waals surface area contributed by atoms with Crippen molar-refractivity contribution in [1.29, 1.82) is 0 Å². The summed E-state index contributed by atoms with van der Waals surface area (Å²) in [5.74, 6) is 0.425. The van der Waals surface area contributed by atoms with Crippen LogP contribution in [0.4, 0.5) is 11.4 Å². The van der Waals surface area contributed by atoms with Crippen molar-refractivity contribution in [1.82, 2.24) is 4.98 Å². The van der Waals surface area contributed by atoms with Gasteiger partial charge in [-0.05, 0) is 73.0 Å². The fraction of sp³-hybridized carbons (Fsp3) is 0.120. The Kier molecular flexibility index (Phi) is 6.34. The van der Waals surface area contributed by atoms with Gasteiger partial charge in [0, 0.05) is 17.7 Å². The second-order valence-corrected chi connectivity index (χ2v) is 8.04. The Labute approximate surface area is 200 Å². The van der Waals surface area contributed by atoms with Crippen LogP contribution < -0.4 is 10.1 Å². The Hall–Kier alpha value is -4.17. The highest BCUT2D eigenvalue weighted by molar-refractivity contribution is 6.32. The monoisotopic (exact) mass is 477 g/mol. The van der Waals surface area contributed by atoms with Crippen molar-refractivity contribution in [3.8, 4) is 17.2 Å². The lowest BCUT2D eigenvalue weighted by molar-refractivity contribution is -0.384. The topological polar surface area (TPSA) is 108 Å². The average molecular weight is 478 g/mol. The number of carbonyl (C=O) groups is 1. The highest BCUT2D eigenvalue weighted by Crippen LogP contribution is 2.32. The van der Waals surface area contributed by atoms with E-state index in [1.807, 2.05) is 26.0 Å². The molecule has 9 heteroatoms. The molecule has 0 saturated heterocycles. The minimum atomic E-state index is -0.579. The van der Waals surface area contributed by atoms with E-state index in [-0.39, 0.29) is 10.7 Å². The van der Waals surface area contributed by atoms with Crippen LogP contribution in [0.1, 0.15) is 16.7 Å². The van der Waals surface area contributed by atoms with Crippen LogP contribution in [0.15, 0.2) is 59.0 Å². The van der Waals surface area contributed by atoms with Gasteiger partial charge < -0.3 is 14.5 Å². The van der Waals surface area contributed by atoms with Crippen LogP contribution in [0.5, 0.6) is 5.75 Å². The molecule has 0 fully saturated rings. The predicted molar refractivity (Wildman–Crippen MR) is 131 cm³/mol. The van der Waals surface area contributed by atoms with Gasteiger partial charge in [-0.1, -0.05) is 17.7 Å². The zero-order valence-corrected chi connectivity index (χ0v) is 19.3. The van der Waals surface area contributed by atoms with E-state index in [1.54, 1.807) is 24.3 Å². The number of methoxy groups -OCH3 is 1. The number of amides is 1. The molecule has 1 amide bonds. The van der Waals surface area contributed by atoms with Gasteiger partial charge in [-0.15, -0.1) is 0 Å². The molecule has 0 bridgehead atoms. The van der Waals surface area contributed by atoms with E-state index >= 15 is 0 Å². The van der Waals surface area contributed by atoms with Crippen molar-refractivity contribution in [2.75, 3.05) is 12.4 Å². The molecule has 1 N–H and O–H groups in total. The van der Waals surface area contributed by atoms with E-state index < -0.39 is 10.8 Å². The number of carbonyl (C=O) groups excluding carboxylic acids is 1. The predicted octanol–water partition coefficient (Wildman–Crippen LogP) is 6.33. The third-order valence-corrected chi connectivity index (χ3v) is 5.62. The van der Waals surface area contributed by atoms with Gasteiger partial charge in [-0.25, -0.2) is 4.98 Å². The molecule has 0 radical (unpaired) electrons. The fourth-order valence-corrected chi connectivity index (χ4v) is 3.55. The van der Waals surface area contributed by atoms with Crippen LogP contribution in [0.3, 0.4) is 0 Å². The Morgan fingerprint density at radius 2 is 1.91 bits per heavy atom. The first-order valence-corrected chi connectivity index (χ1v) is 10.6. The van der Waals surface area contributed by atoms with Gasteiger partial charge in [0.15, 0.2) is 5.58 Å². The van der Waals surface area contributed by atoms with Crippen molar-refractivity contribution in [3.05, 3.63) is 86.4 Å². The normalized spacial score (nSPS) is 11.2. The van der Waals surface area contributed by atoms with Gasteiger partial charge in [0.1, 0.15) is 16.3 Å². The number of benzene rings is 3. The zero-order valence-electron chi connectivity index (χ0n) is 18.6. The molecule has 8 nitrogen and oxygen atoms in total. The van der Waals surface area contributed by atoms with Crippen LogP contribution in [-0.4, -0.2) is 22.9 Å². The number of nitrogens with zero attached hydrogens (tertiary/aromatic N) is 2. The van der Waals surface area contributed by atoms with Crippen LogP contribution >= 0.6 is 11.6 Å². The number of rotatable bonds is 6. The molecule has 1 heterocycles. The van der Waals surface area contributed by atoms with Gasteiger partial charge in [-0.3, -0.25) is 14.9 Å². The highest BCUT2D eigenvalue weighted by Gasteiger charge is 2.14. The summed E-state index contributed by atoms with van der Waals surface area (Å²) in [5.41, 5.74) is 4.97. The molecule has 0 aliphatic heterocycles. The average Bonchev–Trinajstić information content (AvgIpc) is 3.21. The maximum atomic E-state index is 12.6. The number of fused-ring (bicyclic) bond motifs is 1. The molecule has 0 atom stereocenters. The SMILES string of the molecule is COc1ccc(-c2nc3cc(C)c(C)cc3o2)cc1NC(=O)/C=C/c1ccc(Cl)c([N+](=O)[O-])c1. The van der Waals surface area contributed by atoms with E-state index in [1.165, 1.54) is 31.4 Å². The highest BCUT2D eigenvalue weighted by atomic mass is 35.5. The van der Waals surface area contributed by atoms with E-state index in [2.05, 4.69) is 10.3 Å². The maximum absolute atomic E-state index is 12.6. The van der Waals surface area contributed by atoms with Gasteiger partial charge in [-0.2, -0.15) is 0 Å². The summed E-state index contributed by atoms with van der Waals surface area (Å²) < 4.78 is 11.3. The maximum Gasteiger partial charge on any atom is 0.288 e. The summed E-state index contributed by atoms with van der Waals surface area (Å²) in [6.45, 7) is 4.02. The molecule has 3 aromatic carbocycles. The fourth-order valence-electron chi connectivity index (χ4n) is 3.36. The lowest BCUT2D eigenvalue weighted by atomic mass is 10.1. The largest absolute Gasteiger partial charge is 0.495 e. The van der Waals surface area contributed by atoms with E-state index in [9.17, 15) is 14.9 Å². The first-order valence-electron chi connectivity index (χ1n) is 10.2. The number of nitro benzene ring substituents is 1. The molecular weight excluding hydrogens is 458 g/mol. The van der Waals surface area contributed by atoms with Gasteiger partial charge in [0.05, 0.1) is 17.7 Å². The Bertz CT molecular complexity index is 1420. The Balaban J connectivity index is 1.59. The summed E-state index contributed by atoms with van der Waals surface area (Å²) in [4.78, 5) is 27.6. The number of halogens is 1. The first-order chi connectivity index (χ1) is 16.2. The molecule has 0 aliphatic rings. The quantitative estimate of drug-likeness (QED) is 0.197. The lowest BCUT2D eigenvalue weighted by Crippen LogP contribution is -2.09. The molecule has 0 aliphatic carbocycles. The minimum absolute atomic E-state index is 0.0256. The molecule has 0 unspecified atom stereocenters. The van der Waals surface area contributed by atoms with Gasteiger partial charge in [0.25, 0.3) is 5.69 Å². The van der Waals surface area contributed by atoms with E-state index in [4.69, 9.17) is 20.8 Å². The van der Waals surface area contributed by atoms with Crippen LogP contribution in [-0.2, 0) is 4.79 Å². The summed E-state index contributed by atoms with van der Waals surface area (Å²) >= 11 is 5.83. The van der Waals surface area contributed by atoms with Crippen molar-refractivity contribution < 1.29 is 18.9 Å². The molecule has 4 rings (SSSR count). The molecule has 34 heavy (non-hydrogen) atoms. The number of nitro groups is 1. The Morgan fingerprint density at radius 3 is 2.65 bits per heavy atom. The molecule has 4 aromatic rings.